The molecule has 0 bridgehead atoms. The average Bonchev–Trinajstić information content (AvgIpc) is 3.63. The number of aliphatic carboxylic acids is 1. The molecular weight excluding hydrogens is 483 g/mol. The number of alkyl halides is 3. The molecule has 37 heavy (non-hydrogen) atoms. The summed E-state index contributed by atoms with van der Waals surface area (Å²) in [5.74, 6) is -0.879. The number of fused-ring (bicyclic) bond motifs is 1. The van der Waals surface area contributed by atoms with Crippen LogP contribution < -0.4 is 5.32 Å². The molecule has 6 nitrogen and oxygen atoms in total. The topological polar surface area (TPSA) is 84.2 Å². The fourth-order valence-corrected chi connectivity index (χ4v) is 6.42. The zero-order valence-electron chi connectivity index (χ0n) is 21.1. The van der Waals surface area contributed by atoms with Gasteiger partial charge in [0.1, 0.15) is 0 Å². The predicted molar refractivity (Wildman–Crippen MR) is 133 cm³/mol. The second-order valence-electron chi connectivity index (χ2n) is 11.5. The van der Waals surface area contributed by atoms with Gasteiger partial charge in [0.25, 0.3) is 5.91 Å². The maximum atomic E-state index is 13.2. The third-order valence-corrected chi connectivity index (χ3v) is 8.82. The number of carboxylic acid groups (broad SMARTS) is 1. The quantitative estimate of drug-likeness (QED) is 0.429. The van der Waals surface area contributed by atoms with Gasteiger partial charge in [-0.1, -0.05) is 6.07 Å². The Morgan fingerprint density at radius 3 is 2.22 bits per heavy atom. The number of carbonyl (C=O) groups is 2. The monoisotopic (exact) mass is 519 g/mol. The summed E-state index contributed by atoms with van der Waals surface area (Å²) in [5.41, 5.74) is 2.73. The molecule has 0 atom stereocenters. The lowest BCUT2D eigenvalue weighted by Gasteiger charge is -2.30. The van der Waals surface area contributed by atoms with E-state index in [9.17, 15) is 22.8 Å². The molecule has 3 aliphatic rings. The maximum Gasteiger partial charge on any atom is 0.391 e. The Kier molecular flexibility index (Phi) is 7.50. The molecular formula is C28H36F3N3O3. The van der Waals surface area contributed by atoms with Gasteiger partial charge in [-0.25, -0.2) is 0 Å². The summed E-state index contributed by atoms with van der Waals surface area (Å²) in [6, 6.07) is 3.92. The van der Waals surface area contributed by atoms with Crippen molar-refractivity contribution in [3.8, 4) is 0 Å². The van der Waals surface area contributed by atoms with Crippen molar-refractivity contribution in [3.63, 3.8) is 0 Å². The molecule has 202 valence electrons. The summed E-state index contributed by atoms with van der Waals surface area (Å²) in [6.07, 6.45) is 5.10. The Morgan fingerprint density at radius 2 is 1.59 bits per heavy atom. The molecule has 1 heterocycles. The van der Waals surface area contributed by atoms with Crippen LogP contribution in [0.5, 0.6) is 0 Å². The predicted octanol–water partition coefficient (Wildman–Crippen LogP) is 6.29. The largest absolute Gasteiger partial charge is 0.481 e. The minimum Gasteiger partial charge on any atom is -0.481 e. The van der Waals surface area contributed by atoms with Gasteiger partial charge in [0.15, 0.2) is 0 Å². The van der Waals surface area contributed by atoms with Gasteiger partial charge >= 0.3 is 12.1 Å². The molecule has 3 fully saturated rings. The molecule has 0 aliphatic heterocycles. The van der Waals surface area contributed by atoms with E-state index in [4.69, 9.17) is 5.11 Å². The first-order chi connectivity index (χ1) is 17.7. The van der Waals surface area contributed by atoms with Gasteiger partial charge < -0.3 is 10.4 Å². The van der Waals surface area contributed by atoms with Crippen LogP contribution in [-0.2, 0) is 11.3 Å². The zero-order valence-corrected chi connectivity index (χ0v) is 21.1. The first-order valence-electron chi connectivity index (χ1n) is 13.7. The van der Waals surface area contributed by atoms with E-state index in [1.54, 1.807) is 6.20 Å². The van der Waals surface area contributed by atoms with Crippen LogP contribution in [0.15, 0.2) is 18.3 Å². The number of amides is 1. The van der Waals surface area contributed by atoms with Crippen molar-refractivity contribution in [1.82, 2.24) is 15.1 Å². The summed E-state index contributed by atoms with van der Waals surface area (Å²) < 4.78 is 41.2. The number of benzene rings is 1. The molecule has 2 aromatic rings. The second kappa shape index (κ2) is 10.7. The SMILES string of the molecule is O=C(O)CC1CCC(CNC(=O)c2ccc(C3CC3)c3c2cnn3CC2CCC(C(F)(F)F)CC2)CC1. The van der Waals surface area contributed by atoms with E-state index in [0.717, 1.165) is 49.4 Å². The minimum absolute atomic E-state index is 0.134. The fourth-order valence-electron chi connectivity index (χ4n) is 6.42. The van der Waals surface area contributed by atoms with Gasteiger partial charge in [-0.3, -0.25) is 14.3 Å². The van der Waals surface area contributed by atoms with Crippen molar-refractivity contribution < 1.29 is 27.9 Å². The standard InChI is InChI=1S/C28H36F3N3O3/c29-28(30,31)21-9-5-19(6-10-21)16-34-26-22(20-7-8-20)11-12-23(24(26)15-33-34)27(37)32-14-18-3-1-17(2-4-18)13-25(35)36/h11-12,15,17-21H,1-10,13-14,16H2,(H,32,37)(H,35,36). The molecule has 9 heteroatoms. The molecule has 0 spiro atoms. The van der Waals surface area contributed by atoms with Gasteiger partial charge in [0.2, 0.25) is 0 Å². The molecule has 0 radical (unpaired) electrons. The smallest absolute Gasteiger partial charge is 0.391 e. The molecule has 1 aromatic carbocycles. The van der Waals surface area contributed by atoms with Crippen LogP contribution >= 0.6 is 0 Å². The average molecular weight is 520 g/mol. The number of halogens is 3. The van der Waals surface area contributed by atoms with E-state index in [1.807, 2.05) is 16.8 Å². The van der Waals surface area contributed by atoms with Gasteiger partial charge in [-0.05, 0) is 99.5 Å². The third-order valence-electron chi connectivity index (χ3n) is 8.82. The summed E-state index contributed by atoms with van der Waals surface area (Å²) in [4.78, 5) is 24.2. The summed E-state index contributed by atoms with van der Waals surface area (Å²) in [6.45, 7) is 1.15. The van der Waals surface area contributed by atoms with Gasteiger partial charge in [-0.15, -0.1) is 0 Å². The molecule has 0 saturated heterocycles. The van der Waals surface area contributed by atoms with Crippen LogP contribution in [0.3, 0.4) is 0 Å². The number of aromatic nitrogens is 2. The number of nitrogens with zero attached hydrogens (tertiary/aromatic N) is 2. The van der Waals surface area contributed by atoms with Crippen LogP contribution in [0.25, 0.3) is 10.9 Å². The lowest BCUT2D eigenvalue weighted by atomic mass is 9.80. The van der Waals surface area contributed by atoms with E-state index in [-0.39, 0.29) is 37.0 Å². The van der Waals surface area contributed by atoms with Crippen molar-refractivity contribution in [3.05, 3.63) is 29.5 Å². The number of hydrogen-bond acceptors (Lipinski definition) is 3. The van der Waals surface area contributed by atoms with Gasteiger partial charge in [0.05, 0.1) is 23.2 Å². The number of carbonyl (C=O) groups excluding carboxylic acids is 1. The molecule has 1 amide bonds. The molecule has 3 aliphatic carbocycles. The Morgan fingerprint density at radius 1 is 0.946 bits per heavy atom. The second-order valence-corrected chi connectivity index (χ2v) is 11.5. The van der Waals surface area contributed by atoms with Crippen LogP contribution in [0.2, 0.25) is 0 Å². The van der Waals surface area contributed by atoms with E-state index < -0.39 is 18.1 Å². The van der Waals surface area contributed by atoms with Crippen LogP contribution in [0.1, 0.15) is 92.5 Å². The number of hydrogen-bond donors (Lipinski definition) is 2. The van der Waals surface area contributed by atoms with Crippen LogP contribution in [0, 0.1) is 23.7 Å². The lowest BCUT2D eigenvalue weighted by molar-refractivity contribution is -0.184. The summed E-state index contributed by atoms with van der Waals surface area (Å²) >= 11 is 0. The Hall–Kier alpha value is -2.58. The molecule has 5 rings (SSSR count). The van der Waals surface area contributed by atoms with Crippen molar-refractivity contribution in [2.75, 3.05) is 6.54 Å². The van der Waals surface area contributed by atoms with E-state index in [2.05, 4.69) is 10.4 Å². The van der Waals surface area contributed by atoms with Crippen molar-refractivity contribution >= 4 is 22.8 Å². The highest BCUT2D eigenvalue weighted by Gasteiger charge is 2.41. The highest BCUT2D eigenvalue weighted by molar-refractivity contribution is 6.07. The zero-order chi connectivity index (χ0) is 26.2. The minimum atomic E-state index is -4.11. The first-order valence-corrected chi connectivity index (χ1v) is 13.7. The maximum absolute atomic E-state index is 13.2. The van der Waals surface area contributed by atoms with Crippen LogP contribution in [0.4, 0.5) is 13.2 Å². The normalized spacial score (nSPS) is 26.8. The Balaban J connectivity index is 1.25. The third kappa shape index (κ3) is 6.12. The highest BCUT2D eigenvalue weighted by atomic mass is 19.4. The van der Waals surface area contributed by atoms with E-state index in [1.165, 1.54) is 5.56 Å². The number of rotatable bonds is 8. The van der Waals surface area contributed by atoms with Gasteiger partial charge in [-0.2, -0.15) is 18.3 Å². The van der Waals surface area contributed by atoms with Gasteiger partial charge in [0, 0.05) is 24.9 Å². The van der Waals surface area contributed by atoms with Crippen LogP contribution in [-0.4, -0.2) is 39.5 Å². The Bertz CT molecular complexity index is 1120. The number of nitrogens with one attached hydrogen (secondary N) is 1. The molecule has 0 unspecified atom stereocenters. The summed E-state index contributed by atoms with van der Waals surface area (Å²) in [5, 5.41) is 17.5. The molecule has 3 saturated carbocycles. The van der Waals surface area contributed by atoms with E-state index in [0.29, 0.717) is 43.3 Å². The lowest BCUT2D eigenvalue weighted by Crippen LogP contribution is -2.31. The number of carboxylic acids is 1. The fraction of sp³-hybridized carbons (Fsp3) is 0.679. The Labute approximate surface area is 215 Å². The van der Waals surface area contributed by atoms with Crippen molar-refractivity contribution in [2.24, 2.45) is 23.7 Å². The molecule has 2 N–H and O–H groups in total. The summed E-state index contributed by atoms with van der Waals surface area (Å²) in [7, 11) is 0. The first kappa shape index (κ1) is 26.0. The highest BCUT2D eigenvalue weighted by Crippen LogP contribution is 2.44. The van der Waals surface area contributed by atoms with Crippen molar-refractivity contribution in [2.45, 2.75) is 89.3 Å². The van der Waals surface area contributed by atoms with E-state index >= 15 is 0 Å². The van der Waals surface area contributed by atoms with Crippen molar-refractivity contribution in [1.29, 1.82) is 0 Å². The molecule has 1 aromatic heterocycles.